The average molecular weight is 594 g/mol. The van der Waals surface area contributed by atoms with Gasteiger partial charge in [0.15, 0.2) is 5.11 Å². The summed E-state index contributed by atoms with van der Waals surface area (Å²) in [4.78, 5) is 19.4. The van der Waals surface area contributed by atoms with E-state index in [0.717, 1.165) is 28.1 Å². The lowest BCUT2D eigenvalue weighted by molar-refractivity contribution is -0.116. The molecular formula is C29H26BrFN4O2S. The largest absolute Gasteiger partial charge is 0.459 e. The summed E-state index contributed by atoms with van der Waals surface area (Å²) in [5.74, 6) is 0.821. The van der Waals surface area contributed by atoms with E-state index in [1.807, 2.05) is 67.3 Å². The molecule has 1 aliphatic heterocycles. The monoisotopic (exact) mass is 592 g/mol. The van der Waals surface area contributed by atoms with E-state index >= 15 is 0 Å². The van der Waals surface area contributed by atoms with Gasteiger partial charge in [-0.05, 0) is 102 Å². The summed E-state index contributed by atoms with van der Waals surface area (Å²) in [5.41, 5.74) is 4.43. The van der Waals surface area contributed by atoms with E-state index in [1.54, 1.807) is 12.3 Å². The fraction of sp³-hybridized carbons (Fsp3) is 0.207. The maximum Gasteiger partial charge on any atom is 0.226 e. The first kappa shape index (κ1) is 26.1. The van der Waals surface area contributed by atoms with E-state index < -0.39 is 0 Å². The topological polar surface area (TPSA) is 70.4 Å². The van der Waals surface area contributed by atoms with Crippen LogP contribution in [0.4, 0.5) is 10.1 Å². The fourth-order valence-corrected chi connectivity index (χ4v) is 5.48. The van der Waals surface area contributed by atoms with Crippen LogP contribution in [0.3, 0.4) is 0 Å². The minimum absolute atomic E-state index is 0.100. The van der Waals surface area contributed by atoms with E-state index in [2.05, 4.69) is 31.5 Å². The molecule has 1 amide bonds. The zero-order valence-corrected chi connectivity index (χ0v) is 23.3. The third-order valence-electron chi connectivity index (χ3n) is 6.56. The molecule has 0 unspecified atom stereocenters. The highest BCUT2D eigenvalue weighted by molar-refractivity contribution is 9.10. The molecule has 1 fully saturated rings. The number of carbonyl (C=O) groups is 1. The molecule has 194 valence electrons. The smallest absolute Gasteiger partial charge is 0.226 e. The van der Waals surface area contributed by atoms with Crippen LogP contribution in [0.15, 0.2) is 81.8 Å². The minimum atomic E-state index is -0.335. The summed E-state index contributed by atoms with van der Waals surface area (Å²) >= 11 is 9.14. The number of hydrogen-bond donors (Lipinski definition) is 2. The first-order valence-corrected chi connectivity index (χ1v) is 13.4. The Morgan fingerprint density at radius 2 is 2.00 bits per heavy atom. The first-order valence-electron chi connectivity index (χ1n) is 12.2. The van der Waals surface area contributed by atoms with Crippen molar-refractivity contribution in [1.29, 1.82) is 0 Å². The summed E-state index contributed by atoms with van der Waals surface area (Å²) in [6.07, 6.45) is 1.97. The van der Waals surface area contributed by atoms with Crippen LogP contribution in [0.5, 0.6) is 0 Å². The second kappa shape index (κ2) is 11.0. The molecule has 0 radical (unpaired) electrons. The number of nitrogens with zero attached hydrogens (tertiary/aromatic N) is 2. The molecule has 0 aliphatic carbocycles. The zero-order chi connectivity index (χ0) is 26.8. The van der Waals surface area contributed by atoms with Gasteiger partial charge < -0.3 is 20.0 Å². The van der Waals surface area contributed by atoms with Crippen LogP contribution in [0, 0.1) is 19.7 Å². The Hall–Kier alpha value is -3.56. The van der Waals surface area contributed by atoms with E-state index in [1.165, 1.54) is 12.1 Å². The summed E-state index contributed by atoms with van der Waals surface area (Å²) in [5, 5.41) is 6.91. The number of halogens is 2. The number of pyridine rings is 1. The highest BCUT2D eigenvalue weighted by Gasteiger charge is 2.41. The predicted molar refractivity (Wildman–Crippen MR) is 153 cm³/mol. The van der Waals surface area contributed by atoms with Crippen LogP contribution in [0.1, 0.15) is 41.1 Å². The molecule has 38 heavy (non-hydrogen) atoms. The number of thiocarbonyl (C=S) groups is 1. The number of aromatic nitrogens is 1. The summed E-state index contributed by atoms with van der Waals surface area (Å²) in [6.45, 7) is 4.34. The van der Waals surface area contributed by atoms with Crippen LogP contribution in [-0.4, -0.2) is 27.4 Å². The van der Waals surface area contributed by atoms with Crippen LogP contribution in [-0.2, 0) is 4.79 Å². The molecule has 2 N–H and O–H groups in total. The number of nitrogens with one attached hydrogen (secondary N) is 2. The number of benzene rings is 2. The Balaban J connectivity index is 1.41. The van der Waals surface area contributed by atoms with Gasteiger partial charge in [0.1, 0.15) is 23.4 Å². The molecule has 4 aromatic rings. The minimum Gasteiger partial charge on any atom is -0.459 e. The Labute approximate surface area is 234 Å². The molecule has 0 spiro atoms. The van der Waals surface area contributed by atoms with E-state index in [4.69, 9.17) is 16.6 Å². The molecular weight excluding hydrogens is 567 g/mol. The van der Waals surface area contributed by atoms with Crippen LogP contribution in [0.2, 0.25) is 0 Å². The van der Waals surface area contributed by atoms with Gasteiger partial charge in [-0.2, -0.15) is 0 Å². The van der Waals surface area contributed by atoms with Crippen LogP contribution in [0.25, 0.3) is 11.3 Å². The quantitative estimate of drug-likeness (QED) is 0.228. The highest BCUT2D eigenvalue weighted by atomic mass is 79.9. The van der Waals surface area contributed by atoms with Gasteiger partial charge in [-0.15, -0.1) is 0 Å². The van der Waals surface area contributed by atoms with Crippen molar-refractivity contribution in [3.8, 4) is 11.3 Å². The van der Waals surface area contributed by atoms with Crippen molar-refractivity contribution in [2.24, 2.45) is 0 Å². The highest BCUT2D eigenvalue weighted by Crippen LogP contribution is 2.41. The van der Waals surface area contributed by atoms with Crippen LogP contribution >= 0.6 is 28.1 Å². The molecule has 9 heteroatoms. The number of carbonyl (C=O) groups excluding carboxylic acids is 1. The molecule has 2 atom stereocenters. The van der Waals surface area contributed by atoms with Crippen molar-refractivity contribution in [3.63, 3.8) is 0 Å². The molecule has 0 saturated carbocycles. The number of hydrogen-bond acceptors (Lipinski definition) is 4. The lowest BCUT2D eigenvalue weighted by atomic mass is 10.0. The normalized spacial score (nSPS) is 16.9. The van der Waals surface area contributed by atoms with Gasteiger partial charge >= 0.3 is 0 Å². The van der Waals surface area contributed by atoms with Gasteiger partial charge in [0.05, 0.1) is 11.7 Å². The fourth-order valence-electron chi connectivity index (χ4n) is 4.61. The van der Waals surface area contributed by atoms with Gasteiger partial charge in [0.25, 0.3) is 0 Å². The van der Waals surface area contributed by atoms with Gasteiger partial charge in [-0.25, -0.2) is 4.39 Å². The zero-order valence-electron chi connectivity index (χ0n) is 20.9. The molecule has 3 heterocycles. The van der Waals surface area contributed by atoms with E-state index in [9.17, 15) is 9.18 Å². The number of furan rings is 1. The molecule has 2 aromatic carbocycles. The number of aryl methyl sites for hydroxylation is 2. The van der Waals surface area contributed by atoms with Crippen molar-refractivity contribution in [3.05, 3.63) is 106 Å². The maximum atomic E-state index is 13.6. The Morgan fingerprint density at radius 3 is 2.76 bits per heavy atom. The summed E-state index contributed by atoms with van der Waals surface area (Å²) in [7, 11) is 0. The summed E-state index contributed by atoms with van der Waals surface area (Å²) in [6, 6.07) is 19.3. The van der Waals surface area contributed by atoms with Crippen molar-refractivity contribution in [2.45, 2.75) is 32.4 Å². The van der Waals surface area contributed by atoms with Crippen molar-refractivity contribution in [1.82, 2.24) is 15.2 Å². The van der Waals surface area contributed by atoms with Gasteiger partial charge in [0, 0.05) is 34.9 Å². The van der Waals surface area contributed by atoms with E-state index in [0.29, 0.717) is 27.7 Å². The van der Waals surface area contributed by atoms with Crippen molar-refractivity contribution < 1.29 is 13.6 Å². The van der Waals surface area contributed by atoms with Gasteiger partial charge in [0.2, 0.25) is 5.91 Å². The lowest BCUT2D eigenvalue weighted by Crippen LogP contribution is -2.32. The van der Waals surface area contributed by atoms with Crippen molar-refractivity contribution in [2.75, 3.05) is 11.9 Å². The first-order chi connectivity index (χ1) is 18.3. The summed E-state index contributed by atoms with van der Waals surface area (Å²) < 4.78 is 20.6. The number of amides is 1. The van der Waals surface area contributed by atoms with Crippen molar-refractivity contribution >= 4 is 44.9 Å². The second-order valence-electron chi connectivity index (χ2n) is 9.26. The molecule has 6 nitrogen and oxygen atoms in total. The molecule has 5 rings (SSSR count). The Morgan fingerprint density at radius 1 is 1.16 bits per heavy atom. The third-order valence-corrected chi connectivity index (χ3v) is 7.57. The second-order valence-corrected chi connectivity index (χ2v) is 10.5. The average Bonchev–Trinajstić information content (AvgIpc) is 3.50. The lowest BCUT2D eigenvalue weighted by Gasteiger charge is -2.26. The standard InChI is InChI=1S/C29H26BrFN4O2S/c1-17-6-7-18(2)23(15-17)33-26(36)12-14-35-28(27(34-29(35)38)22-5-3-4-13-32-22)25-11-10-24(37-25)20-9-8-19(31)16-21(20)30/h3-11,13,15-16,27-28H,12,14H2,1-2H3,(H,33,36)(H,34,38)/t27-,28-/m0/s1. The number of anilines is 1. The molecule has 0 bridgehead atoms. The van der Waals surface area contributed by atoms with Gasteiger partial charge in [-0.3, -0.25) is 9.78 Å². The van der Waals surface area contributed by atoms with Crippen LogP contribution < -0.4 is 10.6 Å². The SMILES string of the molecule is Cc1ccc(C)c(NC(=O)CCN2C(=S)N[C@@H](c3ccccn3)[C@@H]2c2ccc(-c3ccc(F)cc3Br)o2)c1. The third kappa shape index (κ3) is 5.49. The molecule has 1 aliphatic rings. The van der Waals surface area contributed by atoms with E-state index in [-0.39, 0.29) is 30.2 Å². The Bertz CT molecular complexity index is 1490. The maximum absolute atomic E-state index is 13.6. The number of rotatable bonds is 7. The predicted octanol–water partition coefficient (Wildman–Crippen LogP) is 6.86. The Kier molecular flexibility index (Phi) is 7.58. The van der Waals surface area contributed by atoms with Gasteiger partial charge in [-0.1, -0.05) is 18.2 Å². The molecule has 1 saturated heterocycles. The molecule has 2 aromatic heterocycles.